The van der Waals surface area contributed by atoms with Gasteiger partial charge in [0.05, 0.1) is 15.7 Å². The Morgan fingerprint density at radius 2 is 1.64 bits per heavy atom. The fourth-order valence-corrected chi connectivity index (χ4v) is 2.19. The van der Waals surface area contributed by atoms with Gasteiger partial charge >= 0.3 is 12.0 Å². The Hall–Kier alpha value is -2.24. The summed E-state index contributed by atoms with van der Waals surface area (Å²) in [7, 11) is 0. The third-order valence-corrected chi connectivity index (χ3v) is 3.18. The van der Waals surface area contributed by atoms with Crippen LogP contribution in [0, 0.1) is 0 Å². The zero-order valence-corrected chi connectivity index (χ0v) is 13.0. The highest BCUT2D eigenvalue weighted by Gasteiger charge is 2.10. The van der Waals surface area contributed by atoms with E-state index in [0.29, 0.717) is 27.2 Å². The first-order valence-electron chi connectivity index (χ1n) is 6.26. The molecule has 0 saturated heterocycles. The summed E-state index contributed by atoms with van der Waals surface area (Å²) in [4.78, 5) is 22.9. The molecule has 0 aliphatic heterocycles. The lowest BCUT2D eigenvalue weighted by Gasteiger charge is -2.11. The summed E-state index contributed by atoms with van der Waals surface area (Å²) in [5.74, 6) is -0.106. The standard InChI is InChI=1S/C15H12Cl2N2O3/c1-9(20)22-11-5-2-4-10(8-11)18-15(21)19-14-12(16)6-3-7-13(14)17/h2-8H,1H3,(H2,18,19,21). The van der Waals surface area contributed by atoms with Crippen LogP contribution < -0.4 is 15.4 Å². The highest BCUT2D eigenvalue weighted by atomic mass is 35.5. The number of amides is 2. The summed E-state index contributed by atoms with van der Waals surface area (Å²) in [6, 6.07) is 10.8. The molecule has 0 aromatic heterocycles. The van der Waals surface area contributed by atoms with Gasteiger partial charge in [-0.05, 0) is 24.3 Å². The second-order valence-electron chi connectivity index (χ2n) is 4.30. The average Bonchev–Trinajstić information content (AvgIpc) is 2.42. The Morgan fingerprint density at radius 3 is 2.27 bits per heavy atom. The van der Waals surface area contributed by atoms with Gasteiger partial charge in [0, 0.05) is 18.7 Å². The minimum absolute atomic E-state index is 0.319. The van der Waals surface area contributed by atoms with Crippen molar-refractivity contribution < 1.29 is 14.3 Å². The van der Waals surface area contributed by atoms with Crippen LogP contribution in [0.1, 0.15) is 6.92 Å². The zero-order valence-electron chi connectivity index (χ0n) is 11.5. The van der Waals surface area contributed by atoms with Gasteiger partial charge in [-0.2, -0.15) is 0 Å². The predicted octanol–water partition coefficient (Wildman–Crippen LogP) is 4.56. The average molecular weight is 339 g/mol. The molecule has 2 N–H and O–H groups in total. The molecule has 0 radical (unpaired) electrons. The Kier molecular flexibility index (Phi) is 5.25. The first-order chi connectivity index (χ1) is 10.5. The maximum Gasteiger partial charge on any atom is 0.323 e. The smallest absolute Gasteiger partial charge is 0.323 e. The van der Waals surface area contributed by atoms with Crippen LogP contribution in [0.15, 0.2) is 42.5 Å². The lowest BCUT2D eigenvalue weighted by molar-refractivity contribution is -0.131. The van der Waals surface area contributed by atoms with E-state index in [1.165, 1.54) is 13.0 Å². The molecule has 0 saturated carbocycles. The van der Waals surface area contributed by atoms with Crippen molar-refractivity contribution in [1.82, 2.24) is 0 Å². The molecule has 0 heterocycles. The monoisotopic (exact) mass is 338 g/mol. The first-order valence-corrected chi connectivity index (χ1v) is 7.02. The summed E-state index contributed by atoms with van der Waals surface area (Å²) in [6.45, 7) is 1.30. The van der Waals surface area contributed by atoms with E-state index in [9.17, 15) is 9.59 Å². The summed E-state index contributed by atoms with van der Waals surface area (Å²) in [5, 5.41) is 5.83. The molecular formula is C15H12Cl2N2O3. The molecule has 0 aliphatic rings. The van der Waals surface area contributed by atoms with Gasteiger partial charge in [0.1, 0.15) is 5.75 Å². The number of hydrogen-bond acceptors (Lipinski definition) is 3. The molecule has 2 aromatic carbocycles. The molecule has 0 aliphatic carbocycles. The zero-order chi connectivity index (χ0) is 16.1. The van der Waals surface area contributed by atoms with Gasteiger partial charge in [-0.15, -0.1) is 0 Å². The summed E-state index contributed by atoms with van der Waals surface area (Å²) < 4.78 is 4.94. The maximum atomic E-state index is 12.0. The number of anilines is 2. The number of para-hydroxylation sites is 1. The second-order valence-corrected chi connectivity index (χ2v) is 5.11. The number of halogens is 2. The lowest BCUT2D eigenvalue weighted by atomic mass is 10.3. The van der Waals surface area contributed by atoms with Gasteiger partial charge in [0.2, 0.25) is 0 Å². The predicted molar refractivity (Wildman–Crippen MR) is 86.9 cm³/mol. The molecule has 2 amide bonds. The van der Waals surface area contributed by atoms with Crippen LogP contribution in [0.3, 0.4) is 0 Å². The molecule has 0 fully saturated rings. The quantitative estimate of drug-likeness (QED) is 0.636. The topological polar surface area (TPSA) is 67.4 Å². The molecule has 0 bridgehead atoms. The number of esters is 1. The number of ether oxygens (including phenoxy) is 1. The minimum atomic E-state index is -0.519. The van der Waals surface area contributed by atoms with E-state index in [0.717, 1.165) is 0 Å². The molecule has 2 aromatic rings. The van der Waals surface area contributed by atoms with Crippen LogP contribution in [-0.4, -0.2) is 12.0 Å². The summed E-state index contributed by atoms with van der Waals surface area (Å²) >= 11 is 11.9. The van der Waals surface area contributed by atoms with Gasteiger partial charge in [-0.3, -0.25) is 4.79 Å². The van der Waals surface area contributed by atoms with Crippen LogP contribution in [0.2, 0.25) is 10.0 Å². The van der Waals surface area contributed by atoms with E-state index in [1.54, 1.807) is 36.4 Å². The number of rotatable bonds is 3. The van der Waals surface area contributed by atoms with Gasteiger partial charge < -0.3 is 15.4 Å². The fourth-order valence-electron chi connectivity index (χ4n) is 1.70. The molecule has 7 heteroatoms. The van der Waals surface area contributed by atoms with E-state index in [1.807, 2.05) is 0 Å². The Labute approximate surface area is 137 Å². The van der Waals surface area contributed by atoms with Crippen molar-refractivity contribution in [2.75, 3.05) is 10.6 Å². The van der Waals surface area contributed by atoms with Crippen molar-refractivity contribution in [2.24, 2.45) is 0 Å². The number of hydrogen-bond donors (Lipinski definition) is 2. The Balaban J connectivity index is 2.08. The van der Waals surface area contributed by atoms with Crippen LogP contribution in [0.25, 0.3) is 0 Å². The summed E-state index contributed by atoms with van der Waals surface area (Å²) in [6.07, 6.45) is 0. The van der Waals surface area contributed by atoms with Crippen molar-refractivity contribution in [2.45, 2.75) is 6.92 Å². The largest absolute Gasteiger partial charge is 0.427 e. The molecule has 0 atom stereocenters. The van der Waals surface area contributed by atoms with E-state index in [-0.39, 0.29) is 0 Å². The molecule has 22 heavy (non-hydrogen) atoms. The van der Waals surface area contributed by atoms with Crippen LogP contribution >= 0.6 is 23.2 Å². The van der Waals surface area contributed by atoms with Crippen LogP contribution in [0.5, 0.6) is 5.75 Å². The highest BCUT2D eigenvalue weighted by molar-refractivity contribution is 6.39. The van der Waals surface area contributed by atoms with Crippen molar-refractivity contribution in [3.63, 3.8) is 0 Å². The van der Waals surface area contributed by atoms with Gasteiger partial charge in [0.15, 0.2) is 0 Å². The van der Waals surface area contributed by atoms with Crippen molar-refractivity contribution in [3.8, 4) is 5.75 Å². The van der Waals surface area contributed by atoms with Crippen molar-refractivity contribution in [3.05, 3.63) is 52.5 Å². The number of benzene rings is 2. The van der Waals surface area contributed by atoms with Crippen LogP contribution in [0.4, 0.5) is 16.2 Å². The van der Waals surface area contributed by atoms with Gasteiger partial charge in [0.25, 0.3) is 0 Å². The van der Waals surface area contributed by atoms with Gasteiger partial charge in [-0.1, -0.05) is 35.3 Å². The number of nitrogens with one attached hydrogen (secondary N) is 2. The Bertz CT molecular complexity index is 699. The van der Waals surface area contributed by atoms with E-state index in [4.69, 9.17) is 27.9 Å². The molecular weight excluding hydrogens is 327 g/mol. The number of urea groups is 1. The molecule has 0 unspecified atom stereocenters. The Morgan fingerprint density at radius 1 is 1.00 bits per heavy atom. The number of carbonyl (C=O) groups excluding carboxylic acids is 2. The van der Waals surface area contributed by atoms with E-state index in [2.05, 4.69) is 10.6 Å². The second kappa shape index (κ2) is 7.15. The normalized spacial score (nSPS) is 9.95. The SMILES string of the molecule is CC(=O)Oc1cccc(NC(=O)Nc2c(Cl)cccc2Cl)c1. The lowest BCUT2D eigenvalue weighted by Crippen LogP contribution is -2.19. The maximum absolute atomic E-state index is 12.0. The molecule has 114 valence electrons. The van der Waals surface area contributed by atoms with Crippen molar-refractivity contribution in [1.29, 1.82) is 0 Å². The van der Waals surface area contributed by atoms with Crippen LogP contribution in [-0.2, 0) is 4.79 Å². The number of carbonyl (C=O) groups is 2. The molecule has 5 nitrogen and oxygen atoms in total. The highest BCUT2D eigenvalue weighted by Crippen LogP contribution is 2.30. The molecule has 2 rings (SSSR count). The minimum Gasteiger partial charge on any atom is -0.427 e. The summed E-state index contributed by atoms with van der Waals surface area (Å²) in [5.41, 5.74) is 0.777. The first kappa shape index (κ1) is 16.1. The van der Waals surface area contributed by atoms with Gasteiger partial charge in [-0.25, -0.2) is 4.79 Å². The van der Waals surface area contributed by atoms with Crippen molar-refractivity contribution >= 4 is 46.6 Å². The molecule has 0 spiro atoms. The van der Waals surface area contributed by atoms with E-state index >= 15 is 0 Å². The third kappa shape index (κ3) is 4.38. The van der Waals surface area contributed by atoms with E-state index < -0.39 is 12.0 Å². The fraction of sp³-hybridized carbons (Fsp3) is 0.0667. The third-order valence-electron chi connectivity index (χ3n) is 2.55.